The summed E-state index contributed by atoms with van der Waals surface area (Å²) < 4.78 is 16.7. The van der Waals surface area contributed by atoms with E-state index in [-0.39, 0.29) is 31.1 Å². The van der Waals surface area contributed by atoms with Gasteiger partial charge in [0.25, 0.3) is 0 Å². The van der Waals surface area contributed by atoms with Crippen LogP contribution in [0.1, 0.15) is 259 Å². The van der Waals surface area contributed by atoms with E-state index in [1.54, 1.807) is 0 Å². The Morgan fingerprint density at radius 3 is 0.907 bits per heavy atom. The Morgan fingerprint density at radius 2 is 0.611 bits per heavy atom. The van der Waals surface area contributed by atoms with Crippen molar-refractivity contribution in [3.63, 3.8) is 0 Å². The summed E-state index contributed by atoms with van der Waals surface area (Å²) in [6, 6.07) is 0. The first-order valence-electron chi connectivity index (χ1n) is 23.7. The van der Waals surface area contributed by atoms with E-state index in [4.69, 9.17) is 14.2 Å². The molecular weight excluding hydrogens is 673 g/mol. The molecule has 6 nitrogen and oxygen atoms in total. The summed E-state index contributed by atoms with van der Waals surface area (Å²) in [5.74, 6) is 0.746. The van der Waals surface area contributed by atoms with Crippen molar-refractivity contribution in [1.29, 1.82) is 0 Å². The molecule has 0 amide bonds. The van der Waals surface area contributed by atoms with Gasteiger partial charge in [0, 0.05) is 19.3 Å². The molecule has 0 unspecified atom stereocenters. The zero-order chi connectivity index (χ0) is 39.7. The highest BCUT2D eigenvalue weighted by Gasteiger charge is 2.19. The second-order valence-corrected chi connectivity index (χ2v) is 17.3. The molecule has 0 rings (SSSR count). The lowest BCUT2D eigenvalue weighted by molar-refractivity contribution is -0.167. The smallest absolute Gasteiger partial charge is 0.306 e. The van der Waals surface area contributed by atoms with E-state index in [0.29, 0.717) is 19.3 Å². The molecule has 0 aliphatic heterocycles. The number of hydrogen-bond acceptors (Lipinski definition) is 6. The number of carbonyl (C=O) groups is 3. The number of hydrogen-bond donors (Lipinski definition) is 0. The fraction of sp³-hybridized carbons (Fsp3) is 0.938. The Kier molecular flexibility index (Phi) is 39.8. The Bertz CT molecular complexity index is 824. The van der Waals surface area contributed by atoms with Gasteiger partial charge in [-0.1, -0.05) is 221 Å². The predicted octanol–water partition coefficient (Wildman–Crippen LogP) is 15.0. The van der Waals surface area contributed by atoms with E-state index >= 15 is 0 Å². The van der Waals surface area contributed by atoms with Gasteiger partial charge in [0.2, 0.25) is 0 Å². The van der Waals surface area contributed by atoms with Crippen LogP contribution in [0.4, 0.5) is 0 Å². The fourth-order valence-electron chi connectivity index (χ4n) is 7.11. The number of ether oxygens (including phenoxy) is 3. The predicted molar refractivity (Wildman–Crippen MR) is 229 cm³/mol. The van der Waals surface area contributed by atoms with Crippen LogP contribution in [0.3, 0.4) is 0 Å². The van der Waals surface area contributed by atoms with E-state index in [1.165, 1.54) is 148 Å². The van der Waals surface area contributed by atoms with Gasteiger partial charge in [-0.15, -0.1) is 0 Å². The second kappa shape index (κ2) is 41.1. The molecule has 0 saturated carbocycles. The van der Waals surface area contributed by atoms with E-state index in [1.807, 2.05) is 0 Å². The van der Waals surface area contributed by atoms with Crippen LogP contribution in [-0.4, -0.2) is 37.2 Å². The lowest BCUT2D eigenvalue weighted by atomic mass is 10.0. The van der Waals surface area contributed by atoms with Gasteiger partial charge in [0.05, 0.1) is 0 Å². The van der Waals surface area contributed by atoms with Gasteiger partial charge in [-0.25, -0.2) is 0 Å². The summed E-state index contributed by atoms with van der Waals surface area (Å²) in [7, 11) is 0. The summed E-state index contributed by atoms with van der Waals surface area (Å²) in [4.78, 5) is 37.6. The van der Waals surface area contributed by atoms with Crippen molar-refractivity contribution in [2.45, 2.75) is 265 Å². The number of esters is 3. The summed E-state index contributed by atoms with van der Waals surface area (Å²) in [5, 5.41) is 0. The Hall–Kier alpha value is -1.59. The largest absolute Gasteiger partial charge is 0.462 e. The molecule has 0 radical (unpaired) electrons. The van der Waals surface area contributed by atoms with Crippen molar-refractivity contribution in [3.05, 3.63) is 0 Å². The van der Waals surface area contributed by atoms with Crippen LogP contribution in [0.5, 0.6) is 0 Å². The van der Waals surface area contributed by atoms with Crippen LogP contribution >= 0.6 is 0 Å². The molecule has 0 saturated heterocycles. The average molecular weight is 765 g/mol. The molecule has 0 fully saturated rings. The van der Waals surface area contributed by atoms with Gasteiger partial charge < -0.3 is 14.2 Å². The molecule has 0 aromatic heterocycles. The van der Waals surface area contributed by atoms with Crippen LogP contribution in [0.2, 0.25) is 0 Å². The second-order valence-electron chi connectivity index (χ2n) is 17.3. The maximum atomic E-state index is 12.7. The summed E-state index contributed by atoms with van der Waals surface area (Å²) in [6.45, 7) is 11.3. The molecular formula is C48H92O6. The molecule has 0 N–H and O–H groups in total. The van der Waals surface area contributed by atoms with E-state index in [0.717, 1.165) is 69.6 Å². The fourth-order valence-corrected chi connectivity index (χ4v) is 7.11. The maximum absolute atomic E-state index is 12.7. The highest BCUT2D eigenvalue weighted by Crippen LogP contribution is 2.17. The molecule has 0 aromatic rings. The van der Waals surface area contributed by atoms with Crippen molar-refractivity contribution < 1.29 is 28.6 Å². The molecule has 6 heteroatoms. The number of rotatable bonds is 42. The minimum absolute atomic E-state index is 0.0654. The molecule has 1 atom stereocenters. The van der Waals surface area contributed by atoms with Crippen molar-refractivity contribution in [3.8, 4) is 0 Å². The minimum Gasteiger partial charge on any atom is -0.462 e. The number of carbonyl (C=O) groups excluding carboxylic acids is 3. The van der Waals surface area contributed by atoms with Crippen LogP contribution in [-0.2, 0) is 28.6 Å². The topological polar surface area (TPSA) is 78.9 Å². The first-order chi connectivity index (χ1) is 26.2. The minimum atomic E-state index is -0.760. The first kappa shape index (κ1) is 52.4. The molecule has 54 heavy (non-hydrogen) atoms. The van der Waals surface area contributed by atoms with Gasteiger partial charge >= 0.3 is 17.9 Å². The van der Waals surface area contributed by atoms with Crippen LogP contribution in [0, 0.1) is 11.8 Å². The van der Waals surface area contributed by atoms with Gasteiger partial charge in [-0.3, -0.25) is 14.4 Å². The van der Waals surface area contributed by atoms with E-state index in [9.17, 15) is 14.4 Å². The van der Waals surface area contributed by atoms with Gasteiger partial charge in [-0.05, 0) is 31.1 Å². The van der Waals surface area contributed by atoms with Gasteiger partial charge in [-0.2, -0.15) is 0 Å². The normalized spacial score (nSPS) is 12.1. The van der Waals surface area contributed by atoms with Crippen molar-refractivity contribution >= 4 is 17.9 Å². The molecule has 320 valence electrons. The third-order valence-electron chi connectivity index (χ3n) is 10.7. The summed E-state index contributed by atoms with van der Waals surface area (Å²) in [6.07, 6.45) is 39.6. The summed E-state index contributed by atoms with van der Waals surface area (Å²) >= 11 is 0. The van der Waals surface area contributed by atoms with Gasteiger partial charge in [0.1, 0.15) is 13.2 Å². The zero-order valence-electron chi connectivity index (χ0n) is 36.8. The first-order valence-corrected chi connectivity index (χ1v) is 23.7. The Morgan fingerprint density at radius 1 is 0.352 bits per heavy atom. The molecule has 0 aliphatic carbocycles. The van der Waals surface area contributed by atoms with Crippen molar-refractivity contribution in [2.75, 3.05) is 13.2 Å². The highest BCUT2D eigenvalue weighted by molar-refractivity contribution is 5.71. The van der Waals surface area contributed by atoms with E-state index in [2.05, 4.69) is 34.6 Å². The molecule has 0 bridgehead atoms. The van der Waals surface area contributed by atoms with Crippen molar-refractivity contribution in [1.82, 2.24) is 0 Å². The lowest BCUT2D eigenvalue weighted by Gasteiger charge is -2.18. The van der Waals surface area contributed by atoms with Crippen LogP contribution in [0.15, 0.2) is 0 Å². The SMILES string of the molecule is CCCCCCCCCCCC(=O)OC[C@@H](COC(=O)CCCCCCCCCCCCCCCCCC(C)C)OC(=O)CCCCCCCCC(C)C. The molecule has 0 spiro atoms. The highest BCUT2D eigenvalue weighted by atomic mass is 16.6. The zero-order valence-corrected chi connectivity index (χ0v) is 36.8. The van der Waals surface area contributed by atoms with Crippen LogP contribution < -0.4 is 0 Å². The van der Waals surface area contributed by atoms with E-state index < -0.39 is 6.10 Å². The molecule has 0 heterocycles. The summed E-state index contributed by atoms with van der Waals surface area (Å²) in [5.41, 5.74) is 0. The van der Waals surface area contributed by atoms with Gasteiger partial charge in [0.15, 0.2) is 6.10 Å². The Labute approximate surface area is 336 Å². The monoisotopic (exact) mass is 765 g/mol. The third-order valence-corrected chi connectivity index (χ3v) is 10.7. The lowest BCUT2D eigenvalue weighted by Crippen LogP contribution is -2.30. The number of unbranched alkanes of at least 4 members (excludes halogenated alkanes) is 27. The maximum Gasteiger partial charge on any atom is 0.306 e. The average Bonchev–Trinajstić information content (AvgIpc) is 3.14. The Balaban J connectivity index is 4.20. The van der Waals surface area contributed by atoms with Crippen molar-refractivity contribution in [2.24, 2.45) is 11.8 Å². The van der Waals surface area contributed by atoms with Crippen LogP contribution in [0.25, 0.3) is 0 Å². The molecule has 0 aromatic carbocycles. The quantitative estimate of drug-likeness (QED) is 0.0350. The standard InChI is InChI=1S/C48H92O6/c1-6-7-8-9-10-18-22-28-33-38-46(49)52-41-45(54-48(51)40-35-30-25-24-27-32-37-44(4)5)42-53-47(50)39-34-29-23-20-17-15-13-11-12-14-16-19-21-26-31-36-43(2)3/h43-45H,6-42H2,1-5H3/t45-/m0/s1. The molecule has 0 aliphatic rings. The third kappa shape index (κ3) is 41.6.